The molecule has 0 saturated carbocycles. The van der Waals surface area contributed by atoms with Gasteiger partial charge in [-0.15, -0.1) is 0 Å². The lowest BCUT2D eigenvalue weighted by Gasteiger charge is -2.26. The average molecular weight is 303 g/mol. The van der Waals surface area contributed by atoms with Gasteiger partial charge in [-0.2, -0.15) is 0 Å². The molecule has 1 fully saturated rings. The molecule has 1 amide bonds. The van der Waals surface area contributed by atoms with Gasteiger partial charge >= 0.3 is 12.1 Å². The van der Waals surface area contributed by atoms with Gasteiger partial charge in [0.1, 0.15) is 11.0 Å². The Bertz CT molecular complexity index is 364. The van der Waals surface area contributed by atoms with Crippen molar-refractivity contribution in [3.8, 4) is 0 Å². The van der Waals surface area contributed by atoms with E-state index in [0.717, 1.165) is 0 Å². The van der Waals surface area contributed by atoms with Crippen LogP contribution >= 0.6 is 0 Å². The third-order valence-corrected chi connectivity index (χ3v) is 3.04. The third-order valence-electron chi connectivity index (χ3n) is 3.04. The van der Waals surface area contributed by atoms with Crippen molar-refractivity contribution in [3.63, 3.8) is 0 Å². The second-order valence-electron chi connectivity index (χ2n) is 6.01. The number of aliphatic hydroxyl groups excluding tert-OH is 1. The van der Waals surface area contributed by atoms with Crippen molar-refractivity contribution in [3.05, 3.63) is 0 Å². The van der Waals surface area contributed by atoms with E-state index in [4.69, 9.17) is 9.47 Å². The van der Waals surface area contributed by atoms with E-state index in [1.54, 1.807) is 34.6 Å². The van der Waals surface area contributed by atoms with Crippen LogP contribution in [0.3, 0.4) is 0 Å². The van der Waals surface area contributed by atoms with Gasteiger partial charge in [0.2, 0.25) is 0 Å². The highest BCUT2D eigenvalue weighted by Crippen LogP contribution is 2.32. The average Bonchev–Trinajstić information content (AvgIpc) is 2.68. The lowest BCUT2D eigenvalue weighted by Crippen LogP contribution is -2.41. The van der Waals surface area contributed by atoms with Crippen LogP contribution in [0.5, 0.6) is 0 Å². The summed E-state index contributed by atoms with van der Waals surface area (Å²) in [4.78, 5) is 25.1. The Morgan fingerprint density at radius 3 is 2.29 bits per heavy atom. The van der Waals surface area contributed by atoms with Gasteiger partial charge in [-0.1, -0.05) is 13.8 Å². The first-order valence-electron chi connectivity index (χ1n) is 7.43. The molecule has 1 rings (SSSR count). The minimum Gasteiger partial charge on any atom is -0.465 e. The monoisotopic (exact) mass is 303 g/mol. The number of esters is 1. The largest absolute Gasteiger partial charge is 0.465 e. The van der Waals surface area contributed by atoms with Crippen LogP contribution in [0.2, 0.25) is 0 Å². The minimum atomic E-state index is -1.09. The summed E-state index contributed by atoms with van der Waals surface area (Å²) in [6.07, 6.45) is -1.47. The standard InChI is InChI=1S/C13H23NO5.C2H6/c1-6-18-10(16)13(5)8-14(7-9(13)15)11(17)19-12(2,3)4;1-2/h9,15H,6-8H2,1-5H3;1-2H3. The number of nitrogens with zero attached hydrogens (tertiary/aromatic N) is 1. The predicted molar refractivity (Wildman–Crippen MR) is 79.9 cm³/mol. The fraction of sp³-hybridized carbons (Fsp3) is 0.867. The molecule has 0 bridgehead atoms. The molecule has 1 aliphatic rings. The highest BCUT2D eigenvalue weighted by atomic mass is 16.6. The third kappa shape index (κ3) is 5.19. The van der Waals surface area contributed by atoms with Crippen LogP contribution in [0.4, 0.5) is 4.79 Å². The summed E-state index contributed by atoms with van der Waals surface area (Å²) in [5, 5.41) is 10.0. The molecule has 1 heterocycles. The van der Waals surface area contributed by atoms with Crippen LogP contribution in [0.25, 0.3) is 0 Å². The van der Waals surface area contributed by atoms with Crippen LogP contribution in [0, 0.1) is 5.41 Å². The number of rotatable bonds is 2. The molecule has 0 spiro atoms. The van der Waals surface area contributed by atoms with Crippen molar-refractivity contribution in [2.24, 2.45) is 5.41 Å². The summed E-state index contributed by atoms with van der Waals surface area (Å²) >= 11 is 0. The zero-order valence-electron chi connectivity index (χ0n) is 14.2. The van der Waals surface area contributed by atoms with E-state index in [1.165, 1.54) is 4.90 Å². The summed E-state index contributed by atoms with van der Waals surface area (Å²) in [7, 11) is 0. The first-order valence-corrected chi connectivity index (χ1v) is 7.43. The topological polar surface area (TPSA) is 76.1 Å². The van der Waals surface area contributed by atoms with Gasteiger partial charge in [-0.05, 0) is 34.6 Å². The van der Waals surface area contributed by atoms with Crippen molar-refractivity contribution in [2.45, 2.75) is 60.2 Å². The van der Waals surface area contributed by atoms with Gasteiger partial charge < -0.3 is 19.5 Å². The molecule has 0 aromatic rings. The van der Waals surface area contributed by atoms with E-state index < -0.39 is 29.2 Å². The Hall–Kier alpha value is -1.30. The van der Waals surface area contributed by atoms with E-state index in [9.17, 15) is 14.7 Å². The molecule has 21 heavy (non-hydrogen) atoms. The maximum atomic E-state index is 11.9. The normalized spacial score (nSPS) is 25.0. The van der Waals surface area contributed by atoms with Crippen LogP contribution < -0.4 is 0 Å². The lowest BCUT2D eigenvalue weighted by atomic mass is 9.87. The lowest BCUT2D eigenvalue weighted by molar-refractivity contribution is -0.158. The fourth-order valence-corrected chi connectivity index (χ4v) is 1.94. The summed E-state index contributed by atoms with van der Waals surface area (Å²) in [5.41, 5.74) is -1.70. The SMILES string of the molecule is CC.CCOC(=O)C1(C)CN(C(=O)OC(C)(C)C)CC1O. The minimum absolute atomic E-state index is 0.0736. The number of hydrogen-bond acceptors (Lipinski definition) is 5. The number of hydrogen-bond donors (Lipinski definition) is 1. The van der Waals surface area contributed by atoms with Gasteiger partial charge in [-0.25, -0.2) is 4.79 Å². The quantitative estimate of drug-likeness (QED) is 0.791. The number of aliphatic hydroxyl groups is 1. The van der Waals surface area contributed by atoms with Crippen LogP contribution in [-0.2, 0) is 14.3 Å². The number of carbonyl (C=O) groups is 2. The number of amides is 1. The van der Waals surface area contributed by atoms with Gasteiger partial charge in [0.05, 0.1) is 19.3 Å². The molecule has 6 nitrogen and oxygen atoms in total. The van der Waals surface area contributed by atoms with Gasteiger partial charge in [0, 0.05) is 6.54 Å². The molecule has 1 N–H and O–H groups in total. The molecule has 6 heteroatoms. The first kappa shape index (κ1) is 19.7. The van der Waals surface area contributed by atoms with E-state index in [-0.39, 0.29) is 19.7 Å². The zero-order chi connectivity index (χ0) is 16.8. The van der Waals surface area contributed by atoms with E-state index in [2.05, 4.69) is 0 Å². The zero-order valence-corrected chi connectivity index (χ0v) is 14.2. The van der Waals surface area contributed by atoms with Crippen molar-refractivity contribution in [2.75, 3.05) is 19.7 Å². The summed E-state index contributed by atoms with van der Waals surface area (Å²) in [5.74, 6) is -0.492. The summed E-state index contributed by atoms with van der Waals surface area (Å²) < 4.78 is 10.2. The maximum absolute atomic E-state index is 11.9. The molecule has 0 aromatic heterocycles. The van der Waals surface area contributed by atoms with E-state index in [0.29, 0.717) is 0 Å². The molecule has 0 aliphatic carbocycles. The number of likely N-dealkylation sites (tertiary alicyclic amines) is 1. The summed E-state index contributed by atoms with van der Waals surface area (Å²) in [6, 6.07) is 0. The highest BCUT2D eigenvalue weighted by molar-refractivity contribution is 5.80. The molecule has 1 aliphatic heterocycles. The molecule has 0 radical (unpaired) electrons. The van der Waals surface area contributed by atoms with Crippen molar-refractivity contribution < 1.29 is 24.2 Å². The molecule has 0 aromatic carbocycles. The van der Waals surface area contributed by atoms with Gasteiger partial charge in [-0.3, -0.25) is 4.79 Å². The summed E-state index contributed by atoms with van der Waals surface area (Å²) in [6.45, 7) is 13.0. The van der Waals surface area contributed by atoms with E-state index >= 15 is 0 Å². The van der Waals surface area contributed by atoms with Crippen molar-refractivity contribution in [1.29, 1.82) is 0 Å². The van der Waals surface area contributed by atoms with Crippen LogP contribution in [0.1, 0.15) is 48.5 Å². The Morgan fingerprint density at radius 1 is 1.33 bits per heavy atom. The molecular weight excluding hydrogens is 274 g/mol. The molecule has 2 atom stereocenters. The second-order valence-corrected chi connectivity index (χ2v) is 6.01. The van der Waals surface area contributed by atoms with Crippen LogP contribution in [0.15, 0.2) is 0 Å². The Morgan fingerprint density at radius 2 is 1.86 bits per heavy atom. The number of β-amino-alcohol motifs (C(OH)–C–C–N with tert-alkyl or cyclic N) is 1. The van der Waals surface area contributed by atoms with Gasteiger partial charge in [0.25, 0.3) is 0 Å². The Balaban J connectivity index is 0.00000191. The molecule has 2 unspecified atom stereocenters. The molecular formula is C15H29NO5. The predicted octanol–water partition coefficient (Wildman–Crippen LogP) is 2.19. The fourth-order valence-electron chi connectivity index (χ4n) is 1.94. The molecule has 1 saturated heterocycles. The highest BCUT2D eigenvalue weighted by Gasteiger charge is 2.51. The van der Waals surface area contributed by atoms with Crippen molar-refractivity contribution >= 4 is 12.1 Å². The van der Waals surface area contributed by atoms with Crippen LogP contribution in [-0.4, -0.2) is 53.5 Å². The maximum Gasteiger partial charge on any atom is 0.410 e. The number of ether oxygens (including phenoxy) is 2. The Labute approximate surface area is 127 Å². The first-order chi connectivity index (χ1) is 9.60. The van der Waals surface area contributed by atoms with Crippen molar-refractivity contribution in [1.82, 2.24) is 4.90 Å². The number of carbonyl (C=O) groups excluding carboxylic acids is 2. The second kappa shape index (κ2) is 7.64. The molecule has 124 valence electrons. The van der Waals surface area contributed by atoms with Gasteiger partial charge in [0.15, 0.2) is 0 Å². The van der Waals surface area contributed by atoms with E-state index in [1.807, 2.05) is 13.8 Å². The smallest absolute Gasteiger partial charge is 0.410 e. The Kier molecular flexibility index (Phi) is 7.16.